The maximum absolute atomic E-state index is 2.59. The molecule has 0 saturated carbocycles. The van der Waals surface area contributed by atoms with Gasteiger partial charge in [0.2, 0.25) is 0 Å². The van der Waals surface area contributed by atoms with Crippen LogP contribution in [0.2, 0.25) is 0 Å². The summed E-state index contributed by atoms with van der Waals surface area (Å²) in [6, 6.07) is 110. The van der Waals surface area contributed by atoms with Gasteiger partial charge in [0, 0.05) is 62.0 Å². The van der Waals surface area contributed by atoms with Crippen LogP contribution in [0.25, 0.3) is 33.4 Å². The predicted octanol–water partition coefficient (Wildman–Crippen LogP) is 21.8. The SMILES string of the molecule is CC1(C)c2cc(-c3ccc(N(c4ccccc4)c4ccccc4)cc3)ccc2N2c3ccc(-c4ccc(N(c5ccccc5)c5ccccc5)cc4)cc3C(C)(C)c3cc(-c4ccc(N(c5ccccc5)c5ccccc5)cc4)cc1c32. The quantitative estimate of drug-likeness (QED) is 0.121. The molecule has 2 aliphatic heterocycles. The molecule has 12 aromatic carbocycles. The number of benzene rings is 12. The molecule has 0 bridgehead atoms. The molecule has 2 aliphatic rings. The summed E-state index contributed by atoms with van der Waals surface area (Å²) < 4.78 is 0. The molecule has 0 unspecified atom stereocenters. The molecule has 0 atom stereocenters. The average Bonchev–Trinajstić information content (AvgIpc) is 2.15. The number of fused-ring (bicyclic) bond motifs is 4. The van der Waals surface area contributed by atoms with E-state index in [1.807, 2.05) is 0 Å². The first-order valence-corrected chi connectivity index (χ1v) is 28.5. The molecule has 12 aromatic rings. The zero-order chi connectivity index (χ0) is 55.4. The van der Waals surface area contributed by atoms with Crippen LogP contribution in [0, 0.1) is 0 Å². The van der Waals surface area contributed by atoms with E-state index in [2.05, 4.69) is 351 Å². The third-order valence-corrected chi connectivity index (χ3v) is 17.0. The van der Waals surface area contributed by atoms with Gasteiger partial charge in [-0.1, -0.05) is 185 Å². The molecule has 0 N–H and O–H groups in total. The fourth-order valence-corrected chi connectivity index (χ4v) is 12.7. The molecule has 2 heterocycles. The van der Waals surface area contributed by atoms with E-state index in [4.69, 9.17) is 0 Å². The lowest BCUT2D eigenvalue weighted by Crippen LogP contribution is -2.38. The lowest BCUT2D eigenvalue weighted by molar-refractivity contribution is 0.598. The van der Waals surface area contributed by atoms with Gasteiger partial charge in [0.25, 0.3) is 0 Å². The van der Waals surface area contributed by atoms with Gasteiger partial charge in [-0.3, -0.25) is 0 Å². The number of para-hydroxylation sites is 6. The minimum atomic E-state index is -0.362. The molecule has 82 heavy (non-hydrogen) atoms. The van der Waals surface area contributed by atoms with Gasteiger partial charge in [-0.25, -0.2) is 0 Å². The zero-order valence-corrected chi connectivity index (χ0v) is 46.7. The summed E-state index contributed by atoms with van der Waals surface area (Å²) in [5.74, 6) is 0. The second kappa shape index (κ2) is 20.5. The molecule has 0 aliphatic carbocycles. The van der Waals surface area contributed by atoms with Crippen LogP contribution in [-0.4, -0.2) is 0 Å². The van der Waals surface area contributed by atoms with Crippen molar-refractivity contribution < 1.29 is 0 Å². The van der Waals surface area contributed by atoms with E-state index in [1.165, 1.54) is 72.7 Å². The Kier molecular flexibility index (Phi) is 12.5. The molecule has 0 saturated heterocycles. The Morgan fingerprint density at radius 2 is 0.439 bits per heavy atom. The van der Waals surface area contributed by atoms with E-state index in [9.17, 15) is 0 Å². The van der Waals surface area contributed by atoms with Gasteiger partial charge in [-0.2, -0.15) is 0 Å². The fourth-order valence-electron chi connectivity index (χ4n) is 12.7. The highest BCUT2D eigenvalue weighted by Crippen LogP contribution is 2.61. The minimum absolute atomic E-state index is 0.362. The van der Waals surface area contributed by atoms with Crippen LogP contribution < -0.4 is 19.6 Å². The monoisotopic (exact) mass is 1050 g/mol. The summed E-state index contributed by atoms with van der Waals surface area (Å²) in [7, 11) is 0. The Labute approximate surface area is 482 Å². The first-order chi connectivity index (χ1) is 40.2. The molecule has 0 aromatic heterocycles. The summed E-state index contributed by atoms with van der Waals surface area (Å²) in [5, 5.41) is 0. The molecule has 14 rings (SSSR count). The van der Waals surface area contributed by atoms with Crippen molar-refractivity contribution in [3.05, 3.63) is 326 Å². The van der Waals surface area contributed by atoms with Crippen molar-refractivity contribution in [3.8, 4) is 33.4 Å². The molecule has 4 heteroatoms. The molecule has 0 amide bonds. The van der Waals surface area contributed by atoms with E-state index in [0.29, 0.717) is 0 Å². The van der Waals surface area contributed by atoms with E-state index >= 15 is 0 Å². The highest BCUT2D eigenvalue weighted by atomic mass is 15.2. The number of nitrogens with zero attached hydrogens (tertiary/aromatic N) is 4. The maximum Gasteiger partial charge on any atom is 0.0544 e. The zero-order valence-electron chi connectivity index (χ0n) is 46.7. The summed E-state index contributed by atoms with van der Waals surface area (Å²) in [6.45, 7) is 9.72. The van der Waals surface area contributed by atoms with Crippen LogP contribution in [0.5, 0.6) is 0 Å². The normalized spacial score (nSPS) is 13.3. The Morgan fingerprint density at radius 1 is 0.220 bits per heavy atom. The number of anilines is 12. The van der Waals surface area contributed by atoms with Gasteiger partial charge in [-0.15, -0.1) is 0 Å². The van der Waals surface area contributed by atoms with Crippen molar-refractivity contribution in [1.82, 2.24) is 0 Å². The van der Waals surface area contributed by atoms with Crippen molar-refractivity contribution in [3.63, 3.8) is 0 Å². The van der Waals surface area contributed by atoms with Crippen LogP contribution in [0.3, 0.4) is 0 Å². The molecule has 394 valence electrons. The van der Waals surface area contributed by atoms with Crippen molar-refractivity contribution in [2.75, 3.05) is 19.6 Å². The Hall–Kier alpha value is -10.2. The lowest BCUT2D eigenvalue weighted by atomic mass is 9.65. The number of hydrogen-bond acceptors (Lipinski definition) is 4. The maximum atomic E-state index is 2.59. The van der Waals surface area contributed by atoms with Crippen molar-refractivity contribution in [1.29, 1.82) is 0 Å². The van der Waals surface area contributed by atoms with Gasteiger partial charge in [0.15, 0.2) is 0 Å². The van der Waals surface area contributed by atoms with E-state index < -0.39 is 0 Å². The largest absolute Gasteiger partial charge is 0.311 e. The van der Waals surface area contributed by atoms with Crippen molar-refractivity contribution >= 4 is 68.2 Å². The standard InChI is InChI=1S/C78H62N4/c1-77(2)70-51-58(55-35-43-67(44-36-55)79(61-23-11-5-12-24-61)62-25-13-6-14-26-62)41-49-74(70)82-75-50-42-59(56-37-45-68(46-38-56)80(63-27-15-7-16-28-63)64-29-17-8-18-30-64)52-71(75)78(3,4)73-54-60(53-72(77)76(73)82)57-39-47-69(48-40-57)81(65-31-19-9-20-32-65)66-33-21-10-22-34-66/h5-54H,1-4H3. The number of hydrogen-bond donors (Lipinski definition) is 0. The first-order valence-electron chi connectivity index (χ1n) is 28.5. The third-order valence-electron chi connectivity index (χ3n) is 17.0. The Bertz CT molecular complexity index is 3890. The fraction of sp³-hybridized carbons (Fsp3) is 0.0769. The van der Waals surface area contributed by atoms with Gasteiger partial charge in [0.05, 0.1) is 17.1 Å². The topological polar surface area (TPSA) is 13.0 Å². The summed E-state index contributed by atoms with van der Waals surface area (Å²) in [6.07, 6.45) is 0. The third kappa shape index (κ3) is 8.81. The smallest absolute Gasteiger partial charge is 0.0544 e. The van der Waals surface area contributed by atoms with Crippen LogP contribution in [-0.2, 0) is 10.8 Å². The van der Waals surface area contributed by atoms with Crippen LogP contribution in [0.1, 0.15) is 49.9 Å². The number of rotatable bonds is 12. The van der Waals surface area contributed by atoms with E-state index in [0.717, 1.165) is 51.2 Å². The van der Waals surface area contributed by atoms with Crippen LogP contribution in [0.4, 0.5) is 68.2 Å². The average molecular weight is 1060 g/mol. The van der Waals surface area contributed by atoms with E-state index in [-0.39, 0.29) is 10.8 Å². The van der Waals surface area contributed by atoms with Gasteiger partial charge < -0.3 is 19.6 Å². The van der Waals surface area contributed by atoms with Gasteiger partial charge in [-0.05, 0) is 201 Å². The molecule has 0 spiro atoms. The second-order valence-corrected chi connectivity index (χ2v) is 22.6. The predicted molar refractivity (Wildman–Crippen MR) is 346 cm³/mol. The minimum Gasteiger partial charge on any atom is -0.311 e. The van der Waals surface area contributed by atoms with Crippen LogP contribution in [0.15, 0.2) is 303 Å². The van der Waals surface area contributed by atoms with Gasteiger partial charge >= 0.3 is 0 Å². The van der Waals surface area contributed by atoms with Crippen LogP contribution >= 0.6 is 0 Å². The Morgan fingerprint density at radius 3 is 0.707 bits per heavy atom. The summed E-state index contributed by atoms with van der Waals surface area (Å²) in [4.78, 5) is 9.57. The lowest BCUT2D eigenvalue weighted by Gasteiger charge is -2.50. The summed E-state index contributed by atoms with van der Waals surface area (Å²) in [5.41, 5.74) is 25.4. The summed E-state index contributed by atoms with van der Waals surface area (Å²) >= 11 is 0. The molecular weight excluding hydrogens is 993 g/mol. The highest BCUT2D eigenvalue weighted by Gasteiger charge is 2.46. The van der Waals surface area contributed by atoms with E-state index in [1.54, 1.807) is 0 Å². The van der Waals surface area contributed by atoms with Crippen molar-refractivity contribution in [2.45, 2.75) is 38.5 Å². The molecule has 0 radical (unpaired) electrons. The van der Waals surface area contributed by atoms with Crippen molar-refractivity contribution in [2.24, 2.45) is 0 Å². The molecule has 0 fully saturated rings. The Balaban J connectivity index is 0.890. The van der Waals surface area contributed by atoms with Gasteiger partial charge in [0.1, 0.15) is 0 Å². The highest BCUT2D eigenvalue weighted by molar-refractivity contribution is 5.96. The molecule has 4 nitrogen and oxygen atoms in total. The second-order valence-electron chi connectivity index (χ2n) is 22.6. The molecular formula is C78H62N4. The first kappa shape index (κ1) is 50.1.